The number of aliphatic carboxylic acids is 1. The molecule has 0 spiro atoms. The van der Waals surface area contributed by atoms with Gasteiger partial charge < -0.3 is 21.3 Å². The molecule has 0 fully saturated rings. The van der Waals surface area contributed by atoms with Crippen molar-refractivity contribution in [3.63, 3.8) is 0 Å². The predicted molar refractivity (Wildman–Crippen MR) is 45.2 cm³/mol. The Hall–Kier alpha value is -1.21. The molecule has 0 aliphatic heterocycles. The third-order valence-electron chi connectivity index (χ3n) is 1.55. The first-order chi connectivity index (χ1) is 6.40. The summed E-state index contributed by atoms with van der Waals surface area (Å²) >= 11 is 0. The van der Waals surface area contributed by atoms with E-state index in [2.05, 4.69) is 0 Å². The fourth-order valence-corrected chi connectivity index (χ4v) is 0.719. The fourth-order valence-electron chi connectivity index (χ4n) is 0.719. The van der Waals surface area contributed by atoms with Crippen molar-refractivity contribution in [2.75, 3.05) is 6.67 Å². The minimum absolute atomic E-state index is 0.944. The van der Waals surface area contributed by atoms with Crippen LogP contribution >= 0.6 is 0 Å². The molecule has 0 aliphatic carbocycles. The number of hydrogen-bond donors (Lipinski definition) is 4. The summed E-state index contributed by atoms with van der Waals surface area (Å²) in [5.74, 6) is -2.35. The van der Waals surface area contributed by atoms with Crippen molar-refractivity contribution in [2.24, 2.45) is 5.73 Å². The van der Waals surface area contributed by atoms with Crippen LogP contribution in [-0.4, -0.2) is 47.0 Å². The van der Waals surface area contributed by atoms with E-state index in [1.807, 2.05) is 5.32 Å². The van der Waals surface area contributed by atoms with E-state index in [1.54, 1.807) is 0 Å². The van der Waals surface area contributed by atoms with Gasteiger partial charge in [-0.25, -0.2) is 9.18 Å². The second kappa shape index (κ2) is 5.51. The quantitative estimate of drug-likeness (QED) is 0.427. The minimum atomic E-state index is -1.47. The van der Waals surface area contributed by atoms with Gasteiger partial charge in [0.1, 0.15) is 12.7 Å². The van der Waals surface area contributed by atoms with E-state index >= 15 is 0 Å². The van der Waals surface area contributed by atoms with E-state index in [0.717, 1.165) is 0 Å². The lowest BCUT2D eigenvalue weighted by Crippen LogP contribution is -2.53. The Kier molecular flexibility index (Phi) is 5.03. The van der Waals surface area contributed by atoms with Crippen LogP contribution in [0.5, 0.6) is 0 Å². The maximum atomic E-state index is 11.9. The molecule has 0 aromatic heterocycles. The summed E-state index contributed by atoms with van der Waals surface area (Å²) in [5, 5.41) is 19.4. The summed E-state index contributed by atoms with van der Waals surface area (Å²) in [6, 6.07) is -2.88. The lowest BCUT2D eigenvalue weighted by Gasteiger charge is -2.18. The van der Waals surface area contributed by atoms with Crippen LogP contribution in [0.3, 0.4) is 0 Å². The Labute approximate surface area is 79.9 Å². The summed E-state index contributed by atoms with van der Waals surface area (Å²) in [5.41, 5.74) is 5.00. The summed E-state index contributed by atoms with van der Waals surface area (Å²) in [6.45, 7) is 0.109. The van der Waals surface area contributed by atoms with Gasteiger partial charge in [0.2, 0.25) is 5.91 Å². The Balaban J connectivity index is 4.31. The topological polar surface area (TPSA) is 113 Å². The van der Waals surface area contributed by atoms with E-state index < -0.39 is 36.7 Å². The molecule has 0 aliphatic rings. The first-order valence-electron chi connectivity index (χ1n) is 3.93. The second-order valence-corrected chi connectivity index (χ2v) is 2.83. The highest BCUT2D eigenvalue weighted by molar-refractivity contribution is 5.87. The van der Waals surface area contributed by atoms with Crippen molar-refractivity contribution in [3.8, 4) is 0 Å². The summed E-state index contributed by atoms with van der Waals surface area (Å²) in [7, 11) is 0. The van der Waals surface area contributed by atoms with Crippen molar-refractivity contribution in [1.29, 1.82) is 0 Å². The molecule has 0 saturated carbocycles. The van der Waals surface area contributed by atoms with E-state index in [4.69, 9.17) is 15.9 Å². The summed E-state index contributed by atoms with van der Waals surface area (Å²) in [6.07, 6.45) is -1.27. The molecule has 3 atom stereocenters. The molecule has 14 heavy (non-hydrogen) atoms. The third kappa shape index (κ3) is 3.67. The van der Waals surface area contributed by atoms with Crippen molar-refractivity contribution < 1.29 is 24.2 Å². The Morgan fingerprint density at radius 3 is 2.36 bits per heavy atom. The van der Waals surface area contributed by atoms with Crippen molar-refractivity contribution >= 4 is 11.9 Å². The number of nitrogens with one attached hydrogen (secondary N) is 1. The van der Waals surface area contributed by atoms with Gasteiger partial charge in [0.05, 0.1) is 6.10 Å². The van der Waals surface area contributed by atoms with Gasteiger partial charge in [-0.2, -0.15) is 0 Å². The fraction of sp³-hybridized carbons (Fsp3) is 0.714. The lowest BCUT2D eigenvalue weighted by atomic mass is 10.1. The van der Waals surface area contributed by atoms with E-state index in [9.17, 15) is 14.0 Å². The predicted octanol–water partition coefficient (Wildman–Crippen LogP) is -1.77. The van der Waals surface area contributed by atoms with Gasteiger partial charge in [-0.05, 0) is 6.92 Å². The van der Waals surface area contributed by atoms with Gasteiger partial charge in [-0.15, -0.1) is 0 Å². The molecule has 0 rings (SSSR count). The smallest absolute Gasteiger partial charge is 0.328 e. The van der Waals surface area contributed by atoms with E-state index in [0.29, 0.717) is 0 Å². The number of aliphatic hydroxyl groups is 1. The number of aliphatic hydroxyl groups excluding tert-OH is 1. The van der Waals surface area contributed by atoms with Crippen LogP contribution < -0.4 is 11.1 Å². The number of rotatable bonds is 5. The molecule has 5 N–H and O–H groups in total. The molecule has 0 aromatic carbocycles. The van der Waals surface area contributed by atoms with Crippen LogP contribution in [0.25, 0.3) is 0 Å². The average Bonchev–Trinajstić information content (AvgIpc) is 2.11. The average molecular weight is 208 g/mol. The van der Waals surface area contributed by atoms with E-state index in [1.165, 1.54) is 6.92 Å². The monoisotopic (exact) mass is 208 g/mol. The number of carbonyl (C=O) groups excluding carboxylic acids is 1. The maximum Gasteiger partial charge on any atom is 0.328 e. The molecule has 0 aromatic rings. The van der Waals surface area contributed by atoms with Crippen molar-refractivity contribution in [3.05, 3.63) is 0 Å². The molecule has 6 nitrogen and oxygen atoms in total. The van der Waals surface area contributed by atoms with Crippen LogP contribution in [-0.2, 0) is 9.59 Å². The first kappa shape index (κ1) is 12.8. The van der Waals surface area contributed by atoms with Crippen LogP contribution in [0.4, 0.5) is 4.39 Å². The van der Waals surface area contributed by atoms with Crippen LogP contribution in [0.2, 0.25) is 0 Å². The zero-order valence-corrected chi connectivity index (χ0v) is 7.61. The number of carbonyl (C=O) groups is 2. The molecule has 82 valence electrons. The largest absolute Gasteiger partial charge is 0.480 e. The Bertz CT molecular complexity index is 222. The minimum Gasteiger partial charge on any atom is -0.480 e. The molecule has 0 saturated heterocycles. The summed E-state index contributed by atoms with van der Waals surface area (Å²) in [4.78, 5) is 21.4. The number of halogens is 1. The molecule has 0 heterocycles. The van der Waals surface area contributed by atoms with Gasteiger partial charge in [0.15, 0.2) is 6.04 Å². The van der Waals surface area contributed by atoms with Gasteiger partial charge >= 0.3 is 5.97 Å². The van der Waals surface area contributed by atoms with Crippen LogP contribution in [0.1, 0.15) is 6.92 Å². The lowest BCUT2D eigenvalue weighted by molar-refractivity contribution is -0.145. The number of amides is 1. The molecule has 0 radical (unpaired) electrons. The molecule has 1 amide bonds. The van der Waals surface area contributed by atoms with Gasteiger partial charge in [0, 0.05) is 0 Å². The molecule has 0 unspecified atom stereocenters. The number of alkyl halides is 1. The van der Waals surface area contributed by atoms with E-state index in [-0.39, 0.29) is 0 Å². The highest BCUT2D eigenvalue weighted by Gasteiger charge is 2.26. The highest BCUT2D eigenvalue weighted by atomic mass is 19.1. The molecular weight excluding hydrogens is 195 g/mol. The van der Waals surface area contributed by atoms with Gasteiger partial charge in [0.25, 0.3) is 0 Å². The number of carboxylic acid groups (broad SMARTS) is 1. The molecular formula is C7H13FN2O4. The van der Waals surface area contributed by atoms with Crippen LogP contribution in [0.15, 0.2) is 0 Å². The Morgan fingerprint density at radius 1 is 1.57 bits per heavy atom. The standard InChI is InChI=1S/C7H13FN2O4/c1-3(11)5(7(13)14)10-6(12)4(9)2-8/h3-5,11H,2,9H2,1H3,(H,10,12)(H,13,14)/t3-,4-,5+/m1/s1. The zero-order valence-electron chi connectivity index (χ0n) is 7.61. The highest BCUT2D eigenvalue weighted by Crippen LogP contribution is 1.94. The third-order valence-corrected chi connectivity index (χ3v) is 1.55. The molecule has 0 bridgehead atoms. The van der Waals surface area contributed by atoms with Crippen LogP contribution in [0, 0.1) is 0 Å². The SMILES string of the molecule is C[C@@H](O)[C@H](NC(=O)[C@H](N)CF)C(=O)O. The number of carboxylic acids is 1. The van der Waals surface area contributed by atoms with Crippen molar-refractivity contribution in [2.45, 2.75) is 25.1 Å². The Morgan fingerprint density at radius 2 is 2.07 bits per heavy atom. The first-order valence-corrected chi connectivity index (χ1v) is 3.93. The van der Waals surface area contributed by atoms with Crippen molar-refractivity contribution in [1.82, 2.24) is 5.32 Å². The zero-order chi connectivity index (χ0) is 11.3. The number of hydrogen-bond acceptors (Lipinski definition) is 4. The van der Waals surface area contributed by atoms with Gasteiger partial charge in [-0.1, -0.05) is 0 Å². The molecule has 7 heteroatoms. The maximum absolute atomic E-state index is 11.9. The van der Waals surface area contributed by atoms with Gasteiger partial charge in [-0.3, -0.25) is 4.79 Å². The summed E-state index contributed by atoms with van der Waals surface area (Å²) < 4.78 is 11.9. The number of nitrogens with two attached hydrogens (primary N) is 1. The normalized spacial score (nSPS) is 16.9. The second-order valence-electron chi connectivity index (χ2n) is 2.83.